The molecule has 0 bridgehead atoms. The third kappa shape index (κ3) is 7.87. The maximum Gasteiger partial charge on any atom is 0.237 e. The molecule has 1 unspecified atom stereocenters. The SMILES string of the molecule is CCCCSC(C)C(=O)Nc1ccc(OC)c(OCCN(CC)CC)c1. The number of thioether (sulfide) groups is 1. The third-order valence-electron chi connectivity index (χ3n) is 4.23. The van der Waals surface area contributed by atoms with Gasteiger partial charge in [0.25, 0.3) is 0 Å². The van der Waals surface area contributed by atoms with Gasteiger partial charge in [0, 0.05) is 18.3 Å². The van der Waals surface area contributed by atoms with Crippen LogP contribution in [-0.2, 0) is 4.79 Å². The van der Waals surface area contributed by atoms with Crippen LogP contribution in [0, 0.1) is 0 Å². The van der Waals surface area contributed by atoms with Crippen molar-refractivity contribution in [3.8, 4) is 11.5 Å². The first kappa shape index (κ1) is 22.6. The van der Waals surface area contributed by atoms with Crippen LogP contribution in [-0.4, -0.2) is 55.2 Å². The molecule has 1 N–H and O–H groups in total. The number of unbranched alkanes of at least 4 members (excludes halogenated alkanes) is 1. The Morgan fingerprint density at radius 3 is 2.58 bits per heavy atom. The Bertz CT molecular complexity index is 536. The second kappa shape index (κ2) is 12.9. The number of methoxy groups -OCH3 is 1. The lowest BCUT2D eigenvalue weighted by atomic mass is 10.2. The first-order chi connectivity index (χ1) is 12.5. The minimum absolute atomic E-state index is 0.0189. The van der Waals surface area contributed by atoms with Gasteiger partial charge in [0.05, 0.1) is 12.4 Å². The van der Waals surface area contributed by atoms with E-state index in [0.29, 0.717) is 18.1 Å². The number of amides is 1. The molecule has 0 radical (unpaired) electrons. The molecule has 0 aliphatic heterocycles. The summed E-state index contributed by atoms with van der Waals surface area (Å²) in [5.74, 6) is 2.36. The van der Waals surface area contributed by atoms with Gasteiger partial charge < -0.3 is 19.7 Å². The summed E-state index contributed by atoms with van der Waals surface area (Å²) >= 11 is 1.69. The second-order valence-corrected chi connectivity index (χ2v) is 7.55. The number of rotatable bonds is 13. The van der Waals surface area contributed by atoms with Crippen molar-refractivity contribution in [1.29, 1.82) is 0 Å². The van der Waals surface area contributed by atoms with Crippen LogP contribution in [0.25, 0.3) is 0 Å². The van der Waals surface area contributed by atoms with E-state index >= 15 is 0 Å². The Labute approximate surface area is 162 Å². The molecule has 148 valence electrons. The van der Waals surface area contributed by atoms with E-state index in [-0.39, 0.29) is 11.2 Å². The standard InChI is InChI=1S/C20H34N2O3S/c1-6-9-14-26-16(4)20(23)21-17-10-11-18(24-5)19(15-17)25-13-12-22(7-2)8-3/h10-11,15-16H,6-9,12-14H2,1-5H3,(H,21,23). The molecule has 1 amide bonds. The predicted octanol–water partition coefficient (Wildman–Crippen LogP) is 4.28. The van der Waals surface area contributed by atoms with Gasteiger partial charge in [0.2, 0.25) is 5.91 Å². The number of benzene rings is 1. The van der Waals surface area contributed by atoms with Crippen molar-refractivity contribution in [2.45, 2.75) is 45.8 Å². The molecule has 0 fully saturated rings. The first-order valence-corrected chi connectivity index (χ1v) is 10.6. The lowest BCUT2D eigenvalue weighted by Crippen LogP contribution is -2.28. The first-order valence-electron chi connectivity index (χ1n) is 9.51. The molecule has 1 aromatic carbocycles. The van der Waals surface area contributed by atoms with Crippen LogP contribution >= 0.6 is 11.8 Å². The van der Waals surface area contributed by atoms with Gasteiger partial charge in [-0.3, -0.25) is 4.79 Å². The molecule has 5 nitrogen and oxygen atoms in total. The largest absolute Gasteiger partial charge is 0.493 e. The van der Waals surface area contributed by atoms with E-state index in [1.807, 2.05) is 25.1 Å². The van der Waals surface area contributed by atoms with Gasteiger partial charge in [0.15, 0.2) is 11.5 Å². The van der Waals surface area contributed by atoms with Crippen LogP contribution in [0.5, 0.6) is 11.5 Å². The Morgan fingerprint density at radius 2 is 1.96 bits per heavy atom. The highest BCUT2D eigenvalue weighted by molar-refractivity contribution is 8.00. The van der Waals surface area contributed by atoms with Crippen LogP contribution in [0.1, 0.15) is 40.5 Å². The van der Waals surface area contributed by atoms with Crippen molar-refractivity contribution in [3.63, 3.8) is 0 Å². The molecule has 1 aromatic rings. The van der Waals surface area contributed by atoms with Crippen LogP contribution in [0.3, 0.4) is 0 Å². The summed E-state index contributed by atoms with van der Waals surface area (Å²) < 4.78 is 11.3. The number of hydrogen-bond donors (Lipinski definition) is 1. The van der Waals surface area contributed by atoms with Crippen molar-refractivity contribution in [2.75, 3.05) is 44.4 Å². The van der Waals surface area contributed by atoms with Gasteiger partial charge in [-0.1, -0.05) is 27.2 Å². The van der Waals surface area contributed by atoms with E-state index in [9.17, 15) is 4.79 Å². The number of anilines is 1. The van der Waals surface area contributed by atoms with Crippen molar-refractivity contribution in [3.05, 3.63) is 18.2 Å². The zero-order valence-electron chi connectivity index (χ0n) is 16.8. The molecule has 0 saturated carbocycles. The highest BCUT2D eigenvalue weighted by atomic mass is 32.2. The topological polar surface area (TPSA) is 50.8 Å². The molecule has 1 rings (SSSR count). The van der Waals surface area contributed by atoms with E-state index in [4.69, 9.17) is 9.47 Å². The van der Waals surface area contributed by atoms with Crippen LogP contribution in [0.4, 0.5) is 5.69 Å². The van der Waals surface area contributed by atoms with Crippen molar-refractivity contribution < 1.29 is 14.3 Å². The zero-order valence-corrected chi connectivity index (χ0v) is 17.7. The minimum atomic E-state index is -0.0734. The Kier molecular flexibility index (Phi) is 11.2. The Balaban J connectivity index is 2.65. The molecular weight excluding hydrogens is 348 g/mol. The summed E-state index contributed by atoms with van der Waals surface area (Å²) in [5, 5.41) is 2.90. The Morgan fingerprint density at radius 1 is 1.23 bits per heavy atom. The molecule has 26 heavy (non-hydrogen) atoms. The summed E-state index contributed by atoms with van der Waals surface area (Å²) in [6, 6.07) is 5.51. The Hall–Kier alpha value is -1.40. The van der Waals surface area contributed by atoms with Crippen molar-refractivity contribution in [2.24, 2.45) is 0 Å². The van der Waals surface area contributed by atoms with Gasteiger partial charge in [0.1, 0.15) is 6.61 Å². The van der Waals surface area contributed by atoms with Crippen molar-refractivity contribution in [1.82, 2.24) is 4.90 Å². The summed E-state index contributed by atoms with van der Waals surface area (Å²) in [4.78, 5) is 14.6. The number of carbonyl (C=O) groups is 1. The highest BCUT2D eigenvalue weighted by Crippen LogP contribution is 2.30. The fraction of sp³-hybridized carbons (Fsp3) is 0.650. The quantitative estimate of drug-likeness (QED) is 0.516. The van der Waals surface area contributed by atoms with Gasteiger partial charge >= 0.3 is 0 Å². The van der Waals surface area contributed by atoms with Gasteiger partial charge in [-0.2, -0.15) is 0 Å². The molecule has 0 saturated heterocycles. The molecule has 6 heteroatoms. The lowest BCUT2D eigenvalue weighted by molar-refractivity contribution is -0.115. The number of ether oxygens (including phenoxy) is 2. The molecule has 0 aliphatic rings. The van der Waals surface area contributed by atoms with Gasteiger partial charge in [-0.05, 0) is 44.3 Å². The fourth-order valence-corrected chi connectivity index (χ4v) is 3.44. The monoisotopic (exact) mass is 382 g/mol. The van der Waals surface area contributed by atoms with E-state index < -0.39 is 0 Å². The average molecular weight is 383 g/mol. The number of likely N-dealkylation sites (N-methyl/N-ethyl adjacent to an activating group) is 1. The van der Waals surface area contributed by atoms with E-state index in [1.165, 1.54) is 0 Å². The summed E-state index contributed by atoms with van der Waals surface area (Å²) in [7, 11) is 1.62. The molecule has 0 aliphatic carbocycles. The van der Waals surface area contributed by atoms with E-state index in [0.717, 1.165) is 43.9 Å². The molecule has 0 aromatic heterocycles. The van der Waals surface area contributed by atoms with E-state index in [1.54, 1.807) is 18.9 Å². The number of nitrogens with one attached hydrogen (secondary N) is 1. The highest BCUT2D eigenvalue weighted by Gasteiger charge is 2.14. The summed E-state index contributed by atoms with van der Waals surface area (Å²) in [5.41, 5.74) is 0.733. The van der Waals surface area contributed by atoms with Gasteiger partial charge in [-0.25, -0.2) is 0 Å². The molecule has 0 spiro atoms. The number of carbonyl (C=O) groups excluding carboxylic acids is 1. The number of nitrogens with zero attached hydrogens (tertiary/aromatic N) is 1. The molecule has 1 atom stereocenters. The number of hydrogen-bond acceptors (Lipinski definition) is 5. The third-order valence-corrected chi connectivity index (χ3v) is 5.46. The van der Waals surface area contributed by atoms with Crippen LogP contribution in [0.2, 0.25) is 0 Å². The molecule has 0 heterocycles. The normalized spacial score (nSPS) is 12.1. The maximum absolute atomic E-state index is 12.3. The predicted molar refractivity (Wildman–Crippen MR) is 112 cm³/mol. The molecular formula is C20H34N2O3S. The second-order valence-electron chi connectivity index (χ2n) is 6.10. The van der Waals surface area contributed by atoms with Crippen LogP contribution in [0.15, 0.2) is 18.2 Å². The van der Waals surface area contributed by atoms with Crippen molar-refractivity contribution >= 4 is 23.4 Å². The average Bonchev–Trinajstić information content (AvgIpc) is 2.65. The minimum Gasteiger partial charge on any atom is -0.493 e. The van der Waals surface area contributed by atoms with Gasteiger partial charge in [-0.15, -0.1) is 11.8 Å². The fourth-order valence-electron chi connectivity index (χ4n) is 2.42. The lowest BCUT2D eigenvalue weighted by Gasteiger charge is -2.19. The smallest absolute Gasteiger partial charge is 0.237 e. The zero-order chi connectivity index (χ0) is 19.4. The summed E-state index contributed by atoms with van der Waals surface area (Å²) in [6.45, 7) is 11.8. The van der Waals surface area contributed by atoms with Crippen LogP contribution < -0.4 is 14.8 Å². The maximum atomic E-state index is 12.3. The van der Waals surface area contributed by atoms with E-state index in [2.05, 4.69) is 31.0 Å². The summed E-state index contributed by atoms with van der Waals surface area (Å²) in [6.07, 6.45) is 2.28.